The minimum Gasteiger partial charge on any atom is -0.371 e. The van der Waals surface area contributed by atoms with Crippen LogP contribution in [-0.4, -0.2) is 44.2 Å². The van der Waals surface area contributed by atoms with Crippen LogP contribution < -0.4 is 10.6 Å². The molecule has 2 fully saturated rings. The van der Waals surface area contributed by atoms with E-state index in [1.807, 2.05) is 0 Å². The van der Waals surface area contributed by atoms with Gasteiger partial charge in [-0.15, -0.1) is 0 Å². The van der Waals surface area contributed by atoms with E-state index in [1.165, 1.54) is 48.3 Å². The molecule has 1 spiro atoms. The number of hydrogen-bond donors (Lipinski definition) is 1. The molecule has 0 saturated carbocycles. The van der Waals surface area contributed by atoms with E-state index >= 15 is 0 Å². The minimum atomic E-state index is 0.538. The van der Waals surface area contributed by atoms with Crippen LogP contribution in [-0.2, 0) is 0 Å². The number of aryl methyl sites for hydroxylation is 1. The maximum absolute atomic E-state index is 5.62. The lowest BCUT2D eigenvalue weighted by molar-refractivity contribution is 0.0213. The van der Waals surface area contributed by atoms with E-state index in [9.17, 15) is 0 Å². The Hall–Kier alpha value is -0.580. The van der Waals surface area contributed by atoms with E-state index in [1.54, 1.807) is 0 Å². The number of anilines is 1. The summed E-state index contributed by atoms with van der Waals surface area (Å²) in [5, 5.41) is 0. The molecule has 0 amide bonds. The summed E-state index contributed by atoms with van der Waals surface area (Å²) in [6, 6.07) is 6.68. The first-order chi connectivity index (χ1) is 9.12. The van der Waals surface area contributed by atoms with E-state index in [4.69, 9.17) is 5.73 Å². The van der Waals surface area contributed by atoms with E-state index in [2.05, 4.69) is 50.9 Å². The molecule has 0 bridgehead atoms. The number of benzene rings is 1. The van der Waals surface area contributed by atoms with Gasteiger partial charge in [0.2, 0.25) is 0 Å². The third kappa shape index (κ3) is 2.54. The lowest BCUT2D eigenvalue weighted by atomic mass is 9.79. The number of nitrogens with zero attached hydrogens (tertiary/aromatic N) is 2. The van der Waals surface area contributed by atoms with Crippen molar-refractivity contribution in [3.63, 3.8) is 0 Å². The van der Waals surface area contributed by atoms with E-state index in [0.717, 1.165) is 13.1 Å². The summed E-state index contributed by atoms with van der Waals surface area (Å²) in [6.07, 6.45) is 1.32. The summed E-state index contributed by atoms with van der Waals surface area (Å²) in [5.74, 6) is 0. The van der Waals surface area contributed by atoms with Gasteiger partial charge in [-0.05, 0) is 37.1 Å². The molecule has 3 nitrogen and oxygen atoms in total. The van der Waals surface area contributed by atoms with Crippen LogP contribution in [0.15, 0.2) is 22.7 Å². The van der Waals surface area contributed by atoms with Gasteiger partial charge in [0.05, 0.1) is 0 Å². The zero-order valence-corrected chi connectivity index (χ0v) is 13.1. The fraction of sp³-hybridized carbons (Fsp3) is 0.600. The van der Waals surface area contributed by atoms with Crippen molar-refractivity contribution in [2.45, 2.75) is 13.3 Å². The molecule has 1 aromatic carbocycles. The zero-order valence-electron chi connectivity index (χ0n) is 11.5. The van der Waals surface area contributed by atoms with Gasteiger partial charge in [0.15, 0.2) is 0 Å². The lowest BCUT2D eigenvalue weighted by Gasteiger charge is -2.48. The Morgan fingerprint density at radius 3 is 2.79 bits per heavy atom. The van der Waals surface area contributed by atoms with Crippen molar-refractivity contribution in [1.29, 1.82) is 0 Å². The summed E-state index contributed by atoms with van der Waals surface area (Å²) in [6.45, 7) is 8.86. The van der Waals surface area contributed by atoms with Gasteiger partial charge in [-0.3, -0.25) is 0 Å². The Morgan fingerprint density at radius 2 is 2.11 bits per heavy atom. The molecule has 0 atom stereocenters. The first kappa shape index (κ1) is 13.4. The Kier molecular flexibility index (Phi) is 3.58. The van der Waals surface area contributed by atoms with E-state index in [0.29, 0.717) is 5.41 Å². The van der Waals surface area contributed by atoms with Gasteiger partial charge in [-0.25, -0.2) is 0 Å². The van der Waals surface area contributed by atoms with Gasteiger partial charge in [-0.1, -0.05) is 15.9 Å². The van der Waals surface area contributed by atoms with Gasteiger partial charge in [0, 0.05) is 54.8 Å². The molecule has 0 aliphatic carbocycles. The summed E-state index contributed by atoms with van der Waals surface area (Å²) < 4.78 is 1.20. The summed E-state index contributed by atoms with van der Waals surface area (Å²) in [4.78, 5) is 5.02. The fourth-order valence-corrected chi connectivity index (χ4v) is 3.73. The van der Waals surface area contributed by atoms with Crippen LogP contribution in [0.2, 0.25) is 0 Å². The third-order valence-electron chi connectivity index (χ3n) is 4.51. The average Bonchev–Trinajstić information content (AvgIpc) is 2.78. The summed E-state index contributed by atoms with van der Waals surface area (Å²) in [5.41, 5.74) is 8.84. The highest BCUT2D eigenvalue weighted by Gasteiger charge is 2.47. The quantitative estimate of drug-likeness (QED) is 0.925. The van der Waals surface area contributed by atoms with Crippen molar-refractivity contribution in [2.24, 2.45) is 11.1 Å². The smallest absolute Gasteiger partial charge is 0.0369 e. The molecule has 2 aliphatic heterocycles. The van der Waals surface area contributed by atoms with Crippen molar-refractivity contribution >= 4 is 21.6 Å². The Labute approximate surface area is 123 Å². The molecule has 3 rings (SSSR count). The van der Waals surface area contributed by atoms with Gasteiger partial charge in [0.1, 0.15) is 0 Å². The van der Waals surface area contributed by atoms with Crippen molar-refractivity contribution in [3.8, 4) is 0 Å². The van der Waals surface area contributed by atoms with E-state index < -0.39 is 0 Å². The number of halogens is 1. The zero-order chi connectivity index (χ0) is 13.5. The maximum atomic E-state index is 5.62. The molecule has 19 heavy (non-hydrogen) atoms. The standard InChI is InChI=1S/C15H22BrN3/c1-12-8-13(2-3-14(12)16)19-6-4-15(11-19)9-18(10-15)7-5-17/h2-3,8H,4-7,9-11,17H2,1H3. The van der Waals surface area contributed by atoms with Crippen LogP contribution in [0, 0.1) is 12.3 Å². The number of nitrogens with two attached hydrogens (primary N) is 1. The monoisotopic (exact) mass is 323 g/mol. The molecular weight excluding hydrogens is 302 g/mol. The summed E-state index contributed by atoms with van der Waals surface area (Å²) >= 11 is 3.57. The Morgan fingerprint density at radius 1 is 1.32 bits per heavy atom. The lowest BCUT2D eigenvalue weighted by Crippen LogP contribution is -2.58. The van der Waals surface area contributed by atoms with Crippen molar-refractivity contribution in [3.05, 3.63) is 28.2 Å². The largest absolute Gasteiger partial charge is 0.371 e. The van der Waals surface area contributed by atoms with Gasteiger partial charge >= 0.3 is 0 Å². The highest BCUT2D eigenvalue weighted by molar-refractivity contribution is 9.10. The van der Waals surface area contributed by atoms with Crippen LogP contribution in [0.3, 0.4) is 0 Å². The topological polar surface area (TPSA) is 32.5 Å². The predicted molar refractivity (Wildman–Crippen MR) is 83.6 cm³/mol. The van der Waals surface area contributed by atoms with Crippen LogP contribution in [0.1, 0.15) is 12.0 Å². The number of hydrogen-bond acceptors (Lipinski definition) is 3. The first-order valence-corrected chi connectivity index (χ1v) is 7.85. The predicted octanol–water partition coefficient (Wildman–Crippen LogP) is 2.23. The Balaban J connectivity index is 1.65. The first-order valence-electron chi connectivity index (χ1n) is 7.05. The summed E-state index contributed by atoms with van der Waals surface area (Å²) in [7, 11) is 0. The maximum Gasteiger partial charge on any atom is 0.0369 e. The second kappa shape index (κ2) is 5.08. The van der Waals surface area contributed by atoms with Crippen LogP contribution in [0.5, 0.6) is 0 Å². The second-order valence-electron chi connectivity index (χ2n) is 6.10. The van der Waals surface area contributed by atoms with E-state index in [-0.39, 0.29) is 0 Å². The molecule has 0 aromatic heterocycles. The normalized spacial score (nSPS) is 21.9. The fourth-order valence-electron chi connectivity index (χ4n) is 3.48. The average molecular weight is 324 g/mol. The highest BCUT2D eigenvalue weighted by Crippen LogP contribution is 2.41. The molecule has 0 radical (unpaired) electrons. The number of likely N-dealkylation sites (tertiary alicyclic amines) is 1. The molecule has 2 saturated heterocycles. The molecular formula is C15H22BrN3. The van der Waals surface area contributed by atoms with Gasteiger partial charge in [-0.2, -0.15) is 0 Å². The molecule has 2 heterocycles. The van der Waals surface area contributed by atoms with Gasteiger partial charge in [0.25, 0.3) is 0 Å². The van der Waals surface area contributed by atoms with Crippen molar-refractivity contribution < 1.29 is 0 Å². The molecule has 1 aromatic rings. The molecule has 2 N–H and O–H groups in total. The molecule has 2 aliphatic rings. The molecule has 0 unspecified atom stereocenters. The van der Waals surface area contributed by atoms with Crippen LogP contribution >= 0.6 is 15.9 Å². The Bertz CT molecular complexity index is 468. The molecule has 4 heteroatoms. The van der Waals surface area contributed by atoms with Crippen molar-refractivity contribution in [2.75, 3.05) is 44.2 Å². The minimum absolute atomic E-state index is 0.538. The highest BCUT2D eigenvalue weighted by atomic mass is 79.9. The second-order valence-corrected chi connectivity index (χ2v) is 6.96. The van der Waals surface area contributed by atoms with Crippen molar-refractivity contribution in [1.82, 2.24) is 4.90 Å². The number of rotatable bonds is 3. The van der Waals surface area contributed by atoms with Crippen LogP contribution in [0.25, 0.3) is 0 Å². The van der Waals surface area contributed by atoms with Crippen LogP contribution in [0.4, 0.5) is 5.69 Å². The third-order valence-corrected chi connectivity index (χ3v) is 5.40. The molecule has 104 valence electrons. The SMILES string of the molecule is Cc1cc(N2CCC3(CN(CCN)C3)C2)ccc1Br. The van der Waals surface area contributed by atoms with Gasteiger partial charge < -0.3 is 15.5 Å².